The van der Waals surface area contributed by atoms with E-state index in [4.69, 9.17) is 5.41 Å². The van der Waals surface area contributed by atoms with Crippen molar-refractivity contribution in [3.05, 3.63) is 47.5 Å². The van der Waals surface area contributed by atoms with Crippen molar-refractivity contribution in [2.24, 2.45) is 16.0 Å². The van der Waals surface area contributed by atoms with E-state index in [1.54, 1.807) is 18.6 Å². The third kappa shape index (κ3) is 3.61. The van der Waals surface area contributed by atoms with Crippen molar-refractivity contribution in [2.45, 2.75) is 19.8 Å². The number of hydrazone groups is 1. The summed E-state index contributed by atoms with van der Waals surface area (Å²) in [7, 11) is 0. The van der Waals surface area contributed by atoms with Crippen LogP contribution >= 0.6 is 0 Å². The maximum atomic E-state index is 7.60. The molecular weight excluding hydrogens is 274 g/mol. The number of piperidine rings is 1. The van der Waals surface area contributed by atoms with E-state index in [-0.39, 0.29) is 0 Å². The zero-order valence-electron chi connectivity index (χ0n) is 13.0. The molecule has 5 nitrogen and oxygen atoms in total. The molecule has 1 saturated heterocycles. The molecule has 1 unspecified atom stereocenters. The topological polar surface area (TPSA) is 63.8 Å². The van der Waals surface area contributed by atoms with Crippen LogP contribution in [-0.2, 0) is 0 Å². The highest BCUT2D eigenvalue weighted by atomic mass is 15.3. The minimum atomic E-state index is 0.653. The van der Waals surface area contributed by atoms with Crippen molar-refractivity contribution in [1.29, 1.82) is 5.41 Å². The van der Waals surface area contributed by atoms with Gasteiger partial charge in [-0.25, -0.2) is 0 Å². The van der Waals surface area contributed by atoms with Crippen LogP contribution < -0.4 is 5.43 Å². The summed E-state index contributed by atoms with van der Waals surface area (Å²) in [5.41, 5.74) is 6.23. The fraction of sp³-hybridized carbons (Fsp3) is 0.353. The van der Waals surface area contributed by atoms with E-state index >= 15 is 0 Å². The number of nitrogens with zero attached hydrogens (tertiary/aromatic N) is 3. The molecule has 22 heavy (non-hydrogen) atoms. The van der Waals surface area contributed by atoms with Gasteiger partial charge in [0.1, 0.15) is 0 Å². The predicted octanol–water partition coefficient (Wildman–Crippen LogP) is 2.87. The van der Waals surface area contributed by atoms with Crippen molar-refractivity contribution >= 4 is 19.1 Å². The van der Waals surface area contributed by atoms with Gasteiger partial charge < -0.3 is 10.3 Å². The largest absolute Gasteiger partial charge is 0.371 e. The molecular formula is C17H23N5. The highest BCUT2D eigenvalue weighted by Crippen LogP contribution is 2.29. The van der Waals surface area contributed by atoms with Gasteiger partial charge in [-0.3, -0.25) is 10.4 Å². The molecule has 0 amide bonds. The molecule has 0 aromatic rings. The first-order valence-electron chi connectivity index (χ1n) is 7.48. The third-order valence-electron chi connectivity index (χ3n) is 3.92. The highest BCUT2D eigenvalue weighted by molar-refractivity contribution is 5.86. The molecule has 0 aromatic carbocycles. The summed E-state index contributed by atoms with van der Waals surface area (Å²) in [6, 6.07) is 0. The number of nitrogens with one attached hydrogen (secondary N) is 2. The number of hydrogen-bond donors (Lipinski definition) is 2. The van der Waals surface area contributed by atoms with Crippen LogP contribution in [0.4, 0.5) is 0 Å². The molecule has 2 aliphatic heterocycles. The van der Waals surface area contributed by atoms with Gasteiger partial charge in [0.25, 0.3) is 0 Å². The zero-order valence-corrected chi connectivity index (χ0v) is 13.0. The predicted molar refractivity (Wildman–Crippen MR) is 93.3 cm³/mol. The lowest BCUT2D eigenvalue weighted by Gasteiger charge is -2.36. The first-order chi connectivity index (χ1) is 10.7. The van der Waals surface area contributed by atoms with Crippen LogP contribution in [-0.4, -0.2) is 37.1 Å². The summed E-state index contributed by atoms with van der Waals surface area (Å²) in [6.45, 7) is 12.0. The molecule has 2 heterocycles. The Labute approximate surface area is 132 Å². The molecule has 116 valence electrons. The normalized spacial score (nSPS) is 29.1. The quantitative estimate of drug-likeness (QED) is 0.784. The van der Waals surface area contributed by atoms with Gasteiger partial charge in [-0.15, -0.1) is 0 Å². The minimum Gasteiger partial charge on any atom is -0.371 e. The van der Waals surface area contributed by atoms with Gasteiger partial charge in [-0.05, 0) is 31.6 Å². The molecule has 0 saturated carbocycles. The van der Waals surface area contributed by atoms with Crippen molar-refractivity contribution in [3.63, 3.8) is 0 Å². The molecule has 5 heteroatoms. The van der Waals surface area contributed by atoms with Gasteiger partial charge in [0.05, 0.1) is 0 Å². The molecule has 0 aromatic heterocycles. The summed E-state index contributed by atoms with van der Waals surface area (Å²) >= 11 is 0. The van der Waals surface area contributed by atoms with Crippen molar-refractivity contribution in [1.82, 2.24) is 10.3 Å². The molecule has 2 N–H and O–H groups in total. The van der Waals surface area contributed by atoms with E-state index in [0.29, 0.717) is 11.5 Å². The molecule has 1 fully saturated rings. The highest BCUT2D eigenvalue weighted by Gasteiger charge is 2.22. The summed E-state index contributed by atoms with van der Waals surface area (Å²) in [5.74, 6) is 0.669. The fourth-order valence-corrected chi connectivity index (χ4v) is 2.82. The Morgan fingerprint density at radius 1 is 1.59 bits per heavy atom. The molecule has 2 rings (SSSR count). The fourth-order valence-electron chi connectivity index (χ4n) is 2.82. The summed E-state index contributed by atoms with van der Waals surface area (Å²) in [4.78, 5) is 6.13. The second-order valence-corrected chi connectivity index (χ2v) is 5.60. The number of hydrogen-bond acceptors (Lipinski definition) is 5. The SMILES string of the molecule is C=N/C=C(C=N)/C1=C/N/N=C\C=C(\N2CCCC(C)C2)C1=C. The van der Waals surface area contributed by atoms with Gasteiger partial charge in [0, 0.05) is 60.3 Å². The van der Waals surface area contributed by atoms with E-state index in [1.807, 2.05) is 6.08 Å². The van der Waals surface area contributed by atoms with Crippen LogP contribution in [0.5, 0.6) is 0 Å². The Balaban J connectivity index is 2.35. The Hall–Kier alpha value is -2.43. The number of likely N-dealkylation sites (tertiary alicyclic amines) is 1. The van der Waals surface area contributed by atoms with Crippen molar-refractivity contribution in [3.8, 4) is 0 Å². The Morgan fingerprint density at radius 2 is 2.41 bits per heavy atom. The summed E-state index contributed by atoms with van der Waals surface area (Å²) in [5, 5.41) is 11.7. The number of rotatable bonds is 4. The maximum Gasteiger partial charge on any atom is 0.0492 e. The van der Waals surface area contributed by atoms with E-state index in [2.05, 4.69) is 40.6 Å². The molecule has 0 spiro atoms. The second-order valence-electron chi connectivity index (χ2n) is 5.60. The number of aliphatic imine (C=N–C) groups is 1. The Bertz CT molecular complexity index is 580. The van der Waals surface area contributed by atoms with Crippen molar-refractivity contribution < 1.29 is 0 Å². The van der Waals surface area contributed by atoms with Crippen LogP contribution in [0.15, 0.2) is 57.6 Å². The lowest BCUT2D eigenvalue weighted by atomic mass is 9.94. The Kier molecular flexibility index (Phi) is 5.47. The average Bonchev–Trinajstić information content (AvgIpc) is 2.50. The molecule has 0 bridgehead atoms. The van der Waals surface area contributed by atoms with Crippen LogP contribution in [0.2, 0.25) is 0 Å². The van der Waals surface area contributed by atoms with E-state index in [0.717, 1.165) is 29.9 Å². The monoisotopic (exact) mass is 297 g/mol. The van der Waals surface area contributed by atoms with Crippen LogP contribution in [0.1, 0.15) is 19.8 Å². The van der Waals surface area contributed by atoms with Crippen LogP contribution in [0, 0.1) is 11.3 Å². The maximum absolute atomic E-state index is 7.60. The molecule has 0 aliphatic carbocycles. The lowest BCUT2D eigenvalue weighted by Crippen LogP contribution is -2.34. The van der Waals surface area contributed by atoms with Gasteiger partial charge in [-0.2, -0.15) is 5.10 Å². The van der Waals surface area contributed by atoms with Gasteiger partial charge in [0.15, 0.2) is 0 Å². The lowest BCUT2D eigenvalue weighted by molar-refractivity contribution is 0.233. The first-order valence-corrected chi connectivity index (χ1v) is 7.48. The van der Waals surface area contributed by atoms with Gasteiger partial charge in [-0.1, -0.05) is 13.5 Å². The molecule has 2 aliphatic rings. The third-order valence-corrected chi connectivity index (χ3v) is 3.92. The average molecular weight is 297 g/mol. The molecule has 0 radical (unpaired) electrons. The van der Waals surface area contributed by atoms with Gasteiger partial charge in [0.2, 0.25) is 0 Å². The molecule has 1 atom stereocenters. The first kappa shape index (κ1) is 15.9. The number of allylic oxidation sites excluding steroid dienone is 3. The van der Waals surface area contributed by atoms with Gasteiger partial charge >= 0.3 is 0 Å². The van der Waals surface area contributed by atoms with Crippen LogP contribution in [0.25, 0.3) is 0 Å². The summed E-state index contributed by atoms with van der Waals surface area (Å²) in [6.07, 6.45) is 10.7. The van der Waals surface area contributed by atoms with Crippen LogP contribution in [0.3, 0.4) is 0 Å². The smallest absolute Gasteiger partial charge is 0.0492 e. The second kappa shape index (κ2) is 7.54. The van der Waals surface area contributed by atoms with E-state index < -0.39 is 0 Å². The van der Waals surface area contributed by atoms with Crippen molar-refractivity contribution in [2.75, 3.05) is 13.1 Å². The minimum absolute atomic E-state index is 0.653. The van der Waals surface area contributed by atoms with E-state index in [1.165, 1.54) is 19.1 Å². The van der Waals surface area contributed by atoms with E-state index in [9.17, 15) is 0 Å². The zero-order chi connectivity index (χ0) is 15.9. The Morgan fingerprint density at radius 3 is 3.09 bits per heavy atom. The summed E-state index contributed by atoms with van der Waals surface area (Å²) < 4.78 is 0. The standard InChI is InChI=1S/C17H23N5/c1-13-5-4-8-22(12-13)17-6-7-20-21-11-16(14(17)2)15(9-18)10-19-3/h6-7,9-11,13,18,21H,2-5,8,12H2,1H3/b15-10+,16-11+,17-6+,18-9?,20-7-.